The molecule has 0 spiro atoms. The zero-order valence-electron chi connectivity index (χ0n) is 14.8. The molecule has 24 heavy (non-hydrogen) atoms. The quantitative estimate of drug-likeness (QED) is 0.776. The molecule has 0 bridgehead atoms. The van der Waals surface area contributed by atoms with E-state index in [-0.39, 0.29) is 12.5 Å². The third-order valence-corrected chi connectivity index (χ3v) is 3.68. The monoisotopic (exact) mass is 330 g/mol. The fourth-order valence-electron chi connectivity index (χ4n) is 2.48. The SMILES string of the molecule is CNC(=O)COc1cccc(CNCc2cn(C)nc2C(C)C)c1. The Balaban J connectivity index is 1.89. The molecule has 0 atom stereocenters. The number of carbonyl (C=O) groups is 1. The van der Waals surface area contributed by atoms with Gasteiger partial charge in [0.1, 0.15) is 5.75 Å². The molecule has 1 aromatic heterocycles. The van der Waals surface area contributed by atoms with Crippen molar-refractivity contribution in [1.29, 1.82) is 0 Å². The predicted molar refractivity (Wildman–Crippen MR) is 93.8 cm³/mol. The molecule has 0 unspecified atom stereocenters. The Morgan fingerprint density at radius 2 is 2.12 bits per heavy atom. The van der Waals surface area contributed by atoms with Gasteiger partial charge in [-0.1, -0.05) is 26.0 Å². The van der Waals surface area contributed by atoms with Crippen LogP contribution in [0.25, 0.3) is 0 Å². The van der Waals surface area contributed by atoms with Crippen molar-refractivity contribution in [2.45, 2.75) is 32.9 Å². The van der Waals surface area contributed by atoms with Crippen LogP contribution in [0.4, 0.5) is 0 Å². The summed E-state index contributed by atoms with van der Waals surface area (Å²) in [4.78, 5) is 11.2. The van der Waals surface area contributed by atoms with E-state index >= 15 is 0 Å². The number of amides is 1. The van der Waals surface area contributed by atoms with E-state index in [1.54, 1.807) is 7.05 Å². The van der Waals surface area contributed by atoms with Crippen molar-refractivity contribution in [2.24, 2.45) is 7.05 Å². The molecule has 6 heteroatoms. The lowest BCUT2D eigenvalue weighted by atomic mass is 10.1. The van der Waals surface area contributed by atoms with Crippen molar-refractivity contribution in [1.82, 2.24) is 20.4 Å². The van der Waals surface area contributed by atoms with Gasteiger partial charge in [0.2, 0.25) is 0 Å². The first-order valence-corrected chi connectivity index (χ1v) is 8.15. The van der Waals surface area contributed by atoms with Crippen LogP contribution in [0, 0.1) is 0 Å². The maximum Gasteiger partial charge on any atom is 0.257 e. The van der Waals surface area contributed by atoms with Crippen LogP contribution in [0.5, 0.6) is 5.75 Å². The van der Waals surface area contributed by atoms with Crippen molar-refractivity contribution in [3.05, 3.63) is 47.3 Å². The standard InChI is InChI=1S/C18H26N4O2/c1-13(2)18-15(11-22(4)21-18)10-20-9-14-6-5-7-16(8-14)24-12-17(23)19-3/h5-8,11,13,20H,9-10,12H2,1-4H3,(H,19,23). The number of aryl methyl sites for hydroxylation is 1. The Kier molecular flexibility index (Phi) is 6.37. The normalized spacial score (nSPS) is 10.9. The summed E-state index contributed by atoms with van der Waals surface area (Å²) in [6.45, 7) is 5.83. The summed E-state index contributed by atoms with van der Waals surface area (Å²) in [5.74, 6) is 0.961. The summed E-state index contributed by atoms with van der Waals surface area (Å²) in [5, 5.41) is 10.5. The van der Waals surface area contributed by atoms with Gasteiger partial charge in [-0.2, -0.15) is 5.10 Å². The topological polar surface area (TPSA) is 68.2 Å². The minimum Gasteiger partial charge on any atom is -0.484 e. The molecule has 2 N–H and O–H groups in total. The maximum atomic E-state index is 11.2. The van der Waals surface area contributed by atoms with Gasteiger partial charge in [0.15, 0.2) is 6.61 Å². The number of likely N-dealkylation sites (N-methyl/N-ethyl adjacent to an activating group) is 1. The number of nitrogens with one attached hydrogen (secondary N) is 2. The second kappa shape index (κ2) is 8.49. The number of carbonyl (C=O) groups excluding carboxylic acids is 1. The summed E-state index contributed by atoms with van der Waals surface area (Å²) >= 11 is 0. The molecule has 0 radical (unpaired) electrons. The zero-order valence-corrected chi connectivity index (χ0v) is 14.8. The van der Waals surface area contributed by atoms with Crippen LogP contribution in [-0.4, -0.2) is 29.3 Å². The lowest BCUT2D eigenvalue weighted by molar-refractivity contribution is -0.122. The Hall–Kier alpha value is -2.34. The number of rotatable bonds is 8. The molecule has 0 aliphatic rings. The first-order chi connectivity index (χ1) is 11.5. The molecule has 0 saturated carbocycles. The number of aromatic nitrogens is 2. The second-order valence-corrected chi connectivity index (χ2v) is 6.08. The van der Waals surface area contributed by atoms with E-state index in [0.29, 0.717) is 11.7 Å². The van der Waals surface area contributed by atoms with Crippen LogP contribution in [0.15, 0.2) is 30.5 Å². The highest BCUT2D eigenvalue weighted by Gasteiger charge is 2.10. The predicted octanol–water partition coefficient (Wildman–Crippen LogP) is 1.96. The molecule has 0 saturated heterocycles. The van der Waals surface area contributed by atoms with E-state index in [1.807, 2.05) is 36.0 Å². The van der Waals surface area contributed by atoms with Crippen LogP contribution < -0.4 is 15.4 Å². The molecular formula is C18H26N4O2. The molecule has 1 amide bonds. The molecule has 2 rings (SSSR count). The fourth-order valence-corrected chi connectivity index (χ4v) is 2.48. The van der Waals surface area contributed by atoms with Crippen LogP contribution in [0.3, 0.4) is 0 Å². The summed E-state index contributed by atoms with van der Waals surface area (Å²) < 4.78 is 7.33. The van der Waals surface area contributed by atoms with Gasteiger partial charge < -0.3 is 15.4 Å². The number of nitrogens with zero attached hydrogens (tertiary/aromatic N) is 2. The molecule has 0 aliphatic carbocycles. The molecular weight excluding hydrogens is 304 g/mol. The number of ether oxygens (including phenoxy) is 1. The lowest BCUT2D eigenvalue weighted by Gasteiger charge is -2.09. The largest absolute Gasteiger partial charge is 0.484 e. The highest BCUT2D eigenvalue weighted by Crippen LogP contribution is 2.17. The zero-order chi connectivity index (χ0) is 17.5. The van der Waals surface area contributed by atoms with Crippen molar-refractivity contribution >= 4 is 5.91 Å². The van der Waals surface area contributed by atoms with Gasteiger partial charge in [-0.3, -0.25) is 9.48 Å². The molecule has 0 aliphatic heterocycles. The van der Waals surface area contributed by atoms with Crippen LogP contribution >= 0.6 is 0 Å². The molecule has 1 heterocycles. The van der Waals surface area contributed by atoms with Crippen LogP contribution in [-0.2, 0) is 24.9 Å². The Labute approximate surface area is 143 Å². The van der Waals surface area contributed by atoms with Crippen molar-refractivity contribution in [2.75, 3.05) is 13.7 Å². The average molecular weight is 330 g/mol. The summed E-state index contributed by atoms with van der Waals surface area (Å²) in [6.07, 6.45) is 2.06. The van der Waals surface area contributed by atoms with Crippen molar-refractivity contribution in [3.63, 3.8) is 0 Å². The van der Waals surface area contributed by atoms with Gasteiger partial charge >= 0.3 is 0 Å². The Bertz CT molecular complexity index is 679. The third-order valence-electron chi connectivity index (χ3n) is 3.68. The van der Waals surface area contributed by atoms with E-state index < -0.39 is 0 Å². The number of hydrogen-bond donors (Lipinski definition) is 2. The highest BCUT2D eigenvalue weighted by molar-refractivity contribution is 5.77. The van der Waals surface area contributed by atoms with E-state index in [9.17, 15) is 4.79 Å². The van der Waals surface area contributed by atoms with Gasteiger partial charge in [0, 0.05) is 38.9 Å². The first kappa shape index (κ1) is 18.0. The lowest BCUT2D eigenvalue weighted by Crippen LogP contribution is -2.24. The summed E-state index contributed by atoms with van der Waals surface area (Å²) in [7, 11) is 3.54. The minimum absolute atomic E-state index is 0.0286. The highest BCUT2D eigenvalue weighted by atomic mass is 16.5. The second-order valence-electron chi connectivity index (χ2n) is 6.08. The molecule has 0 fully saturated rings. The smallest absolute Gasteiger partial charge is 0.257 e. The molecule has 2 aromatic rings. The molecule has 130 valence electrons. The van der Waals surface area contributed by atoms with Crippen LogP contribution in [0.1, 0.15) is 36.6 Å². The molecule has 1 aromatic carbocycles. The van der Waals surface area contributed by atoms with Crippen molar-refractivity contribution < 1.29 is 9.53 Å². The molecule has 6 nitrogen and oxygen atoms in total. The maximum absolute atomic E-state index is 11.2. The number of benzene rings is 1. The van der Waals surface area contributed by atoms with E-state index in [2.05, 4.69) is 35.8 Å². The summed E-state index contributed by atoms with van der Waals surface area (Å²) in [5.41, 5.74) is 3.46. The Morgan fingerprint density at radius 3 is 2.83 bits per heavy atom. The summed E-state index contributed by atoms with van der Waals surface area (Å²) in [6, 6.07) is 7.76. The first-order valence-electron chi connectivity index (χ1n) is 8.15. The van der Waals surface area contributed by atoms with Gasteiger partial charge in [0.05, 0.1) is 5.69 Å². The minimum atomic E-state index is -0.142. The van der Waals surface area contributed by atoms with E-state index in [0.717, 1.165) is 24.3 Å². The van der Waals surface area contributed by atoms with Gasteiger partial charge in [-0.05, 0) is 23.6 Å². The van der Waals surface area contributed by atoms with Gasteiger partial charge in [0.25, 0.3) is 5.91 Å². The van der Waals surface area contributed by atoms with Gasteiger partial charge in [-0.25, -0.2) is 0 Å². The third kappa shape index (κ3) is 5.09. The van der Waals surface area contributed by atoms with E-state index in [4.69, 9.17) is 4.74 Å². The number of hydrogen-bond acceptors (Lipinski definition) is 4. The average Bonchev–Trinajstić information content (AvgIpc) is 2.94. The fraction of sp³-hybridized carbons (Fsp3) is 0.444. The van der Waals surface area contributed by atoms with E-state index in [1.165, 1.54) is 5.56 Å². The van der Waals surface area contributed by atoms with Crippen molar-refractivity contribution in [3.8, 4) is 5.75 Å². The Morgan fingerprint density at radius 1 is 1.33 bits per heavy atom. The van der Waals surface area contributed by atoms with Crippen LogP contribution in [0.2, 0.25) is 0 Å². The van der Waals surface area contributed by atoms with Gasteiger partial charge in [-0.15, -0.1) is 0 Å².